The van der Waals surface area contributed by atoms with Crippen LogP contribution in [-0.2, 0) is 9.53 Å². The Morgan fingerprint density at radius 1 is 1.33 bits per heavy atom. The molecule has 3 atom stereocenters. The molecule has 0 radical (unpaired) electrons. The molecule has 0 fully saturated rings. The van der Waals surface area contributed by atoms with Crippen LogP contribution in [0.2, 0.25) is 0 Å². The van der Waals surface area contributed by atoms with Crippen LogP contribution in [0.25, 0.3) is 0 Å². The molecule has 0 aromatic carbocycles. The average molecular weight is 208 g/mol. The normalized spacial score (nSPS) is 36.2. The van der Waals surface area contributed by atoms with E-state index in [0.717, 1.165) is 37.0 Å². The van der Waals surface area contributed by atoms with Crippen LogP contribution in [0.5, 0.6) is 0 Å². The standard InChI is InChI=1S/C13H20O2/c1-4-11-8(2)9(3)13-10(14)6-5-7-12(13)15-11/h8-9,11H,4-7H2,1-3H3. The first-order valence-corrected chi connectivity index (χ1v) is 6.08. The van der Waals surface area contributed by atoms with E-state index in [1.54, 1.807) is 0 Å². The molecule has 0 bridgehead atoms. The second-order valence-electron chi connectivity index (χ2n) is 4.83. The molecular weight excluding hydrogens is 188 g/mol. The number of hydrogen-bond donors (Lipinski definition) is 0. The number of hydrogen-bond acceptors (Lipinski definition) is 2. The van der Waals surface area contributed by atoms with Crippen molar-refractivity contribution < 1.29 is 9.53 Å². The molecular formula is C13H20O2. The van der Waals surface area contributed by atoms with Crippen molar-refractivity contribution >= 4 is 5.78 Å². The first-order chi connectivity index (χ1) is 7.15. The molecule has 1 aliphatic heterocycles. The Kier molecular flexibility index (Phi) is 2.85. The van der Waals surface area contributed by atoms with Crippen molar-refractivity contribution in [1.29, 1.82) is 0 Å². The van der Waals surface area contributed by atoms with E-state index in [9.17, 15) is 4.79 Å². The third-order valence-corrected chi connectivity index (χ3v) is 3.93. The van der Waals surface area contributed by atoms with E-state index in [1.165, 1.54) is 0 Å². The average Bonchev–Trinajstić information content (AvgIpc) is 2.23. The summed E-state index contributed by atoms with van der Waals surface area (Å²) in [6.45, 7) is 6.53. The SMILES string of the molecule is CCC1OC2=C(C(=O)CCC2)C(C)C1C. The molecule has 2 aliphatic rings. The smallest absolute Gasteiger partial charge is 0.162 e. The first-order valence-electron chi connectivity index (χ1n) is 6.08. The zero-order valence-electron chi connectivity index (χ0n) is 9.88. The molecule has 2 rings (SSSR count). The number of carbonyl (C=O) groups is 1. The topological polar surface area (TPSA) is 26.3 Å². The van der Waals surface area contributed by atoms with Crippen molar-refractivity contribution in [3.63, 3.8) is 0 Å². The Morgan fingerprint density at radius 3 is 2.73 bits per heavy atom. The lowest BCUT2D eigenvalue weighted by Crippen LogP contribution is -2.36. The van der Waals surface area contributed by atoms with Gasteiger partial charge in [-0.25, -0.2) is 0 Å². The van der Waals surface area contributed by atoms with Crippen molar-refractivity contribution in [3.8, 4) is 0 Å². The van der Waals surface area contributed by atoms with Gasteiger partial charge in [0, 0.05) is 18.4 Å². The molecule has 0 aromatic rings. The summed E-state index contributed by atoms with van der Waals surface area (Å²) in [6, 6.07) is 0. The van der Waals surface area contributed by atoms with E-state index in [0.29, 0.717) is 23.7 Å². The molecule has 3 unspecified atom stereocenters. The number of carbonyl (C=O) groups excluding carboxylic acids is 1. The van der Waals surface area contributed by atoms with Gasteiger partial charge in [0.2, 0.25) is 0 Å². The van der Waals surface area contributed by atoms with Crippen LogP contribution in [0.1, 0.15) is 46.5 Å². The molecule has 1 aliphatic carbocycles. The second-order valence-corrected chi connectivity index (χ2v) is 4.83. The molecule has 0 spiro atoms. The predicted octanol–water partition coefficient (Wildman–Crippen LogP) is 3.07. The third-order valence-electron chi connectivity index (χ3n) is 3.93. The summed E-state index contributed by atoms with van der Waals surface area (Å²) in [6.07, 6.45) is 4.00. The van der Waals surface area contributed by atoms with Crippen molar-refractivity contribution in [2.75, 3.05) is 0 Å². The molecule has 0 amide bonds. The maximum absolute atomic E-state index is 11.8. The van der Waals surface area contributed by atoms with Crippen LogP contribution in [0.3, 0.4) is 0 Å². The quantitative estimate of drug-likeness (QED) is 0.662. The summed E-state index contributed by atoms with van der Waals surface area (Å²) in [5, 5.41) is 0. The minimum Gasteiger partial charge on any atom is -0.494 e. The van der Waals surface area contributed by atoms with Gasteiger partial charge in [-0.1, -0.05) is 20.8 Å². The number of rotatable bonds is 1. The molecule has 0 saturated carbocycles. The van der Waals surface area contributed by atoms with Crippen LogP contribution in [0.4, 0.5) is 0 Å². The maximum atomic E-state index is 11.8. The van der Waals surface area contributed by atoms with Gasteiger partial charge in [0.1, 0.15) is 11.9 Å². The fraction of sp³-hybridized carbons (Fsp3) is 0.769. The van der Waals surface area contributed by atoms with E-state index in [4.69, 9.17) is 4.74 Å². The van der Waals surface area contributed by atoms with Gasteiger partial charge < -0.3 is 4.74 Å². The summed E-state index contributed by atoms with van der Waals surface area (Å²) in [4.78, 5) is 11.8. The number of ketones is 1. The van der Waals surface area contributed by atoms with Crippen LogP contribution in [-0.4, -0.2) is 11.9 Å². The summed E-state index contributed by atoms with van der Waals surface area (Å²) in [7, 11) is 0. The van der Waals surface area contributed by atoms with Gasteiger partial charge >= 0.3 is 0 Å². The predicted molar refractivity (Wildman–Crippen MR) is 59.4 cm³/mol. The van der Waals surface area contributed by atoms with Gasteiger partial charge in [-0.15, -0.1) is 0 Å². The van der Waals surface area contributed by atoms with Crippen LogP contribution in [0, 0.1) is 11.8 Å². The van der Waals surface area contributed by atoms with Crippen molar-refractivity contribution in [2.45, 2.75) is 52.6 Å². The highest BCUT2D eigenvalue weighted by molar-refractivity contribution is 5.97. The Morgan fingerprint density at radius 2 is 2.07 bits per heavy atom. The lowest BCUT2D eigenvalue weighted by atomic mass is 9.76. The molecule has 2 heteroatoms. The Labute approximate surface area is 91.7 Å². The van der Waals surface area contributed by atoms with Crippen molar-refractivity contribution in [2.24, 2.45) is 11.8 Å². The minimum atomic E-state index is 0.310. The summed E-state index contributed by atoms with van der Waals surface area (Å²) in [5.74, 6) is 2.18. The lowest BCUT2D eigenvalue weighted by molar-refractivity contribution is -0.118. The lowest BCUT2D eigenvalue weighted by Gasteiger charge is -2.38. The third kappa shape index (κ3) is 1.70. The Hall–Kier alpha value is -0.790. The van der Waals surface area contributed by atoms with Crippen molar-refractivity contribution in [3.05, 3.63) is 11.3 Å². The highest BCUT2D eigenvalue weighted by Crippen LogP contribution is 2.40. The molecule has 0 N–H and O–H groups in total. The van der Waals surface area contributed by atoms with Crippen LogP contribution in [0.15, 0.2) is 11.3 Å². The van der Waals surface area contributed by atoms with E-state index in [1.807, 2.05) is 0 Å². The Balaban J connectivity index is 2.33. The second kappa shape index (κ2) is 3.99. The molecule has 0 saturated heterocycles. The molecule has 84 valence electrons. The van der Waals surface area contributed by atoms with E-state index < -0.39 is 0 Å². The van der Waals surface area contributed by atoms with Gasteiger partial charge in [-0.2, -0.15) is 0 Å². The van der Waals surface area contributed by atoms with Gasteiger partial charge in [0.15, 0.2) is 5.78 Å². The van der Waals surface area contributed by atoms with E-state index in [-0.39, 0.29) is 0 Å². The van der Waals surface area contributed by atoms with Gasteiger partial charge in [-0.3, -0.25) is 4.79 Å². The number of allylic oxidation sites excluding steroid dienone is 2. The van der Waals surface area contributed by atoms with Gasteiger partial charge in [-0.05, 0) is 24.7 Å². The monoisotopic (exact) mass is 208 g/mol. The maximum Gasteiger partial charge on any atom is 0.162 e. The highest BCUT2D eigenvalue weighted by atomic mass is 16.5. The fourth-order valence-corrected chi connectivity index (χ4v) is 2.79. The van der Waals surface area contributed by atoms with Crippen molar-refractivity contribution in [1.82, 2.24) is 0 Å². The number of Topliss-reactive ketones (excluding diaryl/α,β-unsaturated/α-hetero) is 1. The van der Waals surface area contributed by atoms with Crippen LogP contribution >= 0.6 is 0 Å². The summed E-state index contributed by atoms with van der Waals surface area (Å²) < 4.78 is 5.95. The van der Waals surface area contributed by atoms with Crippen LogP contribution < -0.4 is 0 Å². The van der Waals surface area contributed by atoms with Gasteiger partial charge in [0.05, 0.1) is 0 Å². The molecule has 0 aromatic heterocycles. The summed E-state index contributed by atoms with van der Waals surface area (Å²) in [5.41, 5.74) is 0.999. The zero-order chi connectivity index (χ0) is 11.0. The fourth-order valence-electron chi connectivity index (χ4n) is 2.79. The Bertz CT molecular complexity index is 304. The summed E-state index contributed by atoms with van der Waals surface area (Å²) >= 11 is 0. The number of ether oxygens (including phenoxy) is 1. The molecule has 15 heavy (non-hydrogen) atoms. The molecule has 2 nitrogen and oxygen atoms in total. The van der Waals surface area contributed by atoms with E-state index >= 15 is 0 Å². The zero-order valence-corrected chi connectivity index (χ0v) is 9.88. The largest absolute Gasteiger partial charge is 0.494 e. The first kappa shape index (κ1) is 10.7. The highest BCUT2D eigenvalue weighted by Gasteiger charge is 2.37. The van der Waals surface area contributed by atoms with Gasteiger partial charge in [0.25, 0.3) is 0 Å². The molecule has 1 heterocycles. The van der Waals surface area contributed by atoms with E-state index in [2.05, 4.69) is 20.8 Å². The minimum absolute atomic E-state index is 0.310.